The van der Waals surface area contributed by atoms with E-state index in [9.17, 15) is 9.18 Å². The summed E-state index contributed by atoms with van der Waals surface area (Å²) in [7, 11) is 0. The molecular formula is C24H21FN4O3. The van der Waals surface area contributed by atoms with Gasteiger partial charge in [-0.25, -0.2) is 4.39 Å². The Morgan fingerprint density at radius 3 is 2.97 bits per heavy atom. The van der Waals surface area contributed by atoms with Crippen LogP contribution in [0.3, 0.4) is 0 Å². The zero-order chi connectivity index (χ0) is 21.9. The Hall–Kier alpha value is -3.81. The van der Waals surface area contributed by atoms with Gasteiger partial charge in [0.05, 0.1) is 13.0 Å². The van der Waals surface area contributed by atoms with Gasteiger partial charge in [0.1, 0.15) is 23.3 Å². The van der Waals surface area contributed by atoms with Crippen molar-refractivity contribution in [2.45, 2.75) is 25.3 Å². The van der Waals surface area contributed by atoms with Gasteiger partial charge in [-0.2, -0.15) is 0 Å². The van der Waals surface area contributed by atoms with Crippen molar-refractivity contribution in [1.82, 2.24) is 20.1 Å². The Morgan fingerprint density at radius 2 is 2.06 bits per heavy atom. The molecule has 1 atom stereocenters. The average molecular weight is 432 g/mol. The Kier molecular flexibility index (Phi) is 5.49. The van der Waals surface area contributed by atoms with Crippen molar-refractivity contribution in [3.8, 4) is 17.3 Å². The first-order chi connectivity index (χ1) is 15.7. The maximum absolute atomic E-state index is 13.3. The van der Waals surface area contributed by atoms with Crippen LogP contribution in [0.1, 0.15) is 31.2 Å². The molecule has 1 aliphatic heterocycles. The molecule has 2 aromatic heterocycles. The zero-order valence-corrected chi connectivity index (χ0v) is 17.3. The van der Waals surface area contributed by atoms with Crippen LogP contribution in [0.2, 0.25) is 0 Å². The number of carbonyl (C=O) groups is 1. The van der Waals surface area contributed by atoms with Crippen molar-refractivity contribution in [2.24, 2.45) is 0 Å². The van der Waals surface area contributed by atoms with E-state index < -0.39 is 0 Å². The number of pyridine rings is 1. The number of nitrogens with zero attached hydrogens (tertiary/aromatic N) is 4. The summed E-state index contributed by atoms with van der Waals surface area (Å²) in [6, 6.07) is 15.4. The summed E-state index contributed by atoms with van der Waals surface area (Å²) in [6.07, 6.45) is 3.50. The van der Waals surface area contributed by atoms with E-state index in [0.717, 1.165) is 23.6 Å². The Labute approximate surface area is 183 Å². The number of fused-ring (bicyclic) bond motifs is 1. The van der Waals surface area contributed by atoms with Gasteiger partial charge in [-0.3, -0.25) is 9.78 Å². The molecule has 2 aromatic carbocycles. The molecule has 4 aromatic rings. The molecule has 8 heteroatoms. The number of aromatic nitrogens is 3. The van der Waals surface area contributed by atoms with E-state index in [1.807, 2.05) is 30.3 Å². The van der Waals surface area contributed by atoms with Crippen molar-refractivity contribution in [1.29, 1.82) is 0 Å². The average Bonchev–Trinajstić information content (AvgIpc) is 3.48. The summed E-state index contributed by atoms with van der Waals surface area (Å²) >= 11 is 0. The molecular weight excluding hydrogens is 411 g/mol. The molecule has 0 radical (unpaired) electrons. The Morgan fingerprint density at radius 1 is 1.16 bits per heavy atom. The van der Waals surface area contributed by atoms with Gasteiger partial charge in [0.15, 0.2) is 0 Å². The van der Waals surface area contributed by atoms with Crippen molar-refractivity contribution < 1.29 is 18.3 Å². The third-order valence-electron chi connectivity index (χ3n) is 5.56. The number of hydrogen-bond donors (Lipinski definition) is 0. The minimum Gasteiger partial charge on any atom is -0.493 e. The second kappa shape index (κ2) is 8.74. The molecule has 1 unspecified atom stereocenters. The smallest absolute Gasteiger partial charge is 0.267 e. The largest absolute Gasteiger partial charge is 0.493 e. The summed E-state index contributed by atoms with van der Waals surface area (Å²) in [5, 5.41) is 10.4. The molecule has 1 saturated heterocycles. The summed E-state index contributed by atoms with van der Waals surface area (Å²) in [5.41, 5.74) is 0.626. The highest BCUT2D eigenvalue weighted by Crippen LogP contribution is 2.34. The third kappa shape index (κ3) is 4.03. The molecule has 162 valence electrons. The highest BCUT2D eigenvalue weighted by atomic mass is 19.1. The SMILES string of the molecule is O=C(CCOc1cccc(F)c1)N1CCCC1c1nnc(-c2nccc3ccccc23)o1. The molecule has 0 spiro atoms. The van der Waals surface area contributed by atoms with Crippen LogP contribution in [0, 0.1) is 5.82 Å². The topological polar surface area (TPSA) is 81.4 Å². The third-order valence-corrected chi connectivity index (χ3v) is 5.56. The lowest BCUT2D eigenvalue weighted by molar-refractivity contribution is -0.133. The van der Waals surface area contributed by atoms with Gasteiger partial charge >= 0.3 is 0 Å². The molecule has 32 heavy (non-hydrogen) atoms. The minimum absolute atomic E-state index is 0.0630. The monoisotopic (exact) mass is 432 g/mol. The Balaban J connectivity index is 1.28. The van der Waals surface area contributed by atoms with Crippen LogP contribution < -0.4 is 4.74 Å². The highest BCUT2D eigenvalue weighted by molar-refractivity contribution is 5.92. The maximum Gasteiger partial charge on any atom is 0.267 e. The number of hydrogen-bond acceptors (Lipinski definition) is 6. The summed E-state index contributed by atoms with van der Waals surface area (Å²) in [5.74, 6) is 0.713. The quantitative estimate of drug-likeness (QED) is 0.444. The van der Waals surface area contributed by atoms with E-state index in [-0.39, 0.29) is 30.8 Å². The fourth-order valence-electron chi connectivity index (χ4n) is 4.03. The summed E-state index contributed by atoms with van der Waals surface area (Å²) in [4.78, 5) is 19.0. The number of rotatable bonds is 6. The molecule has 0 aliphatic carbocycles. The number of amides is 1. The van der Waals surface area contributed by atoms with Crippen LogP contribution in [-0.2, 0) is 4.79 Å². The number of halogens is 1. The van der Waals surface area contributed by atoms with E-state index in [1.165, 1.54) is 12.1 Å². The van der Waals surface area contributed by atoms with Gasteiger partial charge in [0.25, 0.3) is 5.89 Å². The molecule has 3 heterocycles. The van der Waals surface area contributed by atoms with Crippen molar-refractivity contribution >= 4 is 16.7 Å². The summed E-state index contributed by atoms with van der Waals surface area (Å²) in [6.45, 7) is 0.786. The van der Waals surface area contributed by atoms with Crippen molar-refractivity contribution in [2.75, 3.05) is 13.2 Å². The van der Waals surface area contributed by atoms with E-state index >= 15 is 0 Å². The molecule has 1 amide bonds. The highest BCUT2D eigenvalue weighted by Gasteiger charge is 2.34. The lowest BCUT2D eigenvalue weighted by Crippen LogP contribution is -2.31. The van der Waals surface area contributed by atoms with Gasteiger partial charge in [0, 0.05) is 24.2 Å². The number of ether oxygens (including phenoxy) is 1. The van der Waals surface area contributed by atoms with Gasteiger partial charge in [-0.1, -0.05) is 30.3 Å². The molecule has 1 aliphatic rings. The first kappa shape index (κ1) is 20.1. The minimum atomic E-state index is -0.374. The van der Waals surface area contributed by atoms with Crippen LogP contribution in [0.15, 0.2) is 65.2 Å². The second-order valence-electron chi connectivity index (χ2n) is 7.63. The predicted octanol–water partition coefficient (Wildman–Crippen LogP) is 4.56. The molecule has 1 fully saturated rings. The number of carbonyl (C=O) groups excluding carboxylic acids is 1. The van der Waals surface area contributed by atoms with Crippen molar-refractivity contribution in [3.05, 3.63) is 72.5 Å². The lowest BCUT2D eigenvalue weighted by atomic mass is 10.1. The fourth-order valence-corrected chi connectivity index (χ4v) is 4.03. The lowest BCUT2D eigenvalue weighted by Gasteiger charge is -2.22. The van der Waals surface area contributed by atoms with Crippen molar-refractivity contribution in [3.63, 3.8) is 0 Å². The van der Waals surface area contributed by atoms with Crippen LogP contribution in [0.25, 0.3) is 22.4 Å². The van der Waals surface area contributed by atoms with E-state index in [0.29, 0.717) is 29.8 Å². The first-order valence-corrected chi connectivity index (χ1v) is 10.5. The standard InChI is InChI=1S/C24H21FN4O3/c25-17-6-3-7-18(15-17)31-14-11-21(30)29-13-4-9-20(29)23-27-28-24(32-23)22-19-8-2-1-5-16(19)10-12-26-22/h1-3,5-8,10,12,15,20H,4,9,11,13-14H2. The van der Waals surface area contributed by atoms with Crippen LogP contribution in [0.5, 0.6) is 5.75 Å². The van der Waals surface area contributed by atoms with Gasteiger partial charge in [0.2, 0.25) is 11.8 Å². The van der Waals surface area contributed by atoms with Crippen LogP contribution >= 0.6 is 0 Å². The zero-order valence-electron chi connectivity index (χ0n) is 17.3. The molecule has 0 saturated carbocycles. The van der Waals surface area contributed by atoms with Gasteiger partial charge in [-0.15, -0.1) is 10.2 Å². The van der Waals surface area contributed by atoms with Gasteiger partial charge in [-0.05, 0) is 36.4 Å². The number of benzene rings is 2. The summed E-state index contributed by atoms with van der Waals surface area (Å²) < 4.78 is 24.8. The molecule has 5 rings (SSSR count). The molecule has 7 nitrogen and oxygen atoms in total. The molecule has 0 bridgehead atoms. The van der Waals surface area contributed by atoms with E-state index in [2.05, 4.69) is 15.2 Å². The van der Waals surface area contributed by atoms with E-state index in [1.54, 1.807) is 23.2 Å². The van der Waals surface area contributed by atoms with Gasteiger partial charge < -0.3 is 14.1 Å². The van der Waals surface area contributed by atoms with Crippen LogP contribution in [0.4, 0.5) is 4.39 Å². The second-order valence-corrected chi connectivity index (χ2v) is 7.63. The van der Waals surface area contributed by atoms with E-state index in [4.69, 9.17) is 9.15 Å². The Bertz CT molecular complexity index is 1250. The molecule has 0 N–H and O–H groups in total. The fraction of sp³-hybridized carbons (Fsp3) is 0.250. The maximum atomic E-state index is 13.3. The predicted molar refractivity (Wildman–Crippen MR) is 115 cm³/mol. The number of likely N-dealkylation sites (tertiary alicyclic amines) is 1. The van der Waals surface area contributed by atoms with Crippen LogP contribution in [-0.4, -0.2) is 39.1 Å². The normalized spacial score (nSPS) is 15.9. The first-order valence-electron chi connectivity index (χ1n) is 10.5.